The van der Waals surface area contributed by atoms with E-state index in [1.54, 1.807) is 19.1 Å². The summed E-state index contributed by atoms with van der Waals surface area (Å²) >= 11 is 0. The molecule has 0 aliphatic carbocycles. The van der Waals surface area contributed by atoms with Crippen molar-refractivity contribution in [2.45, 2.75) is 32.6 Å². The Labute approximate surface area is 96.1 Å². The topological polar surface area (TPSA) is 46.5 Å². The molecule has 3 heteroatoms. The highest BCUT2D eigenvalue weighted by molar-refractivity contribution is 5.69. The Kier molecular flexibility index (Phi) is 5.40. The van der Waals surface area contributed by atoms with Gasteiger partial charge in [-0.2, -0.15) is 0 Å². The van der Waals surface area contributed by atoms with Crippen LogP contribution in [0.25, 0.3) is 0 Å². The van der Waals surface area contributed by atoms with E-state index < -0.39 is 0 Å². The summed E-state index contributed by atoms with van der Waals surface area (Å²) in [5.41, 5.74) is 0.936. The third kappa shape index (κ3) is 4.34. The highest BCUT2D eigenvalue weighted by atomic mass is 16.5. The van der Waals surface area contributed by atoms with Crippen LogP contribution in [-0.2, 0) is 16.0 Å². The van der Waals surface area contributed by atoms with Crippen LogP contribution in [0.15, 0.2) is 24.3 Å². The number of unbranched alkanes of at least 4 members (excludes halogenated alkanes) is 1. The van der Waals surface area contributed by atoms with E-state index in [9.17, 15) is 9.90 Å². The molecule has 1 aromatic carbocycles. The minimum Gasteiger partial charge on any atom is -0.508 e. The standard InChI is InChI=1S/C13H18O3/c1-2-16-13(15)10-6-4-8-11-7-3-5-9-12(11)14/h3,5,7,9,14H,2,4,6,8,10H2,1H3. The van der Waals surface area contributed by atoms with Gasteiger partial charge in [0.15, 0.2) is 0 Å². The molecule has 1 aromatic rings. The second-order valence-corrected chi connectivity index (χ2v) is 3.64. The number of para-hydroxylation sites is 1. The maximum atomic E-state index is 11.0. The lowest BCUT2D eigenvalue weighted by Gasteiger charge is -2.04. The van der Waals surface area contributed by atoms with Crippen molar-refractivity contribution in [2.24, 2.45) is 0 Å². The summed E-state index contributed by atoms with van der Waals surface area (Å²) in [7, 11) is 0. The monoisotopic (exact) mass is 222 g/mol. The molecule has 0 aromatic heterocycles. The lowest BCUT2D eigenvalue weighted by atomic mass is 10.1. The van der Waals surface area contributed by atoms with E-state index in [-0.39, 0.29) is 5.97 Å². The Bertz CT molecular complexity index is 334. The molecule has 0 unspecified atom stereocenters. The minimum atomic E-state index is -0.139. The fraction of sp³-hybridized carbons (Fsp3) is 0.462. The molecule has 0 heterocycles. The van der Waals surface area contributed by atoms with Gasteiger partial charge < -0.3 is 9.84 Å². The number of benzene rings is 1. The molecule has 3 nitrogen and oxygen atoms in total. The Morgan fingerprint density at radius 3 is 2.75 bits per heavy atom. The van der Waals surface area contributed by atoms with E-state index in [2.05, 4.69) is 0 Å². The number of carbonyl (C=O) groups is 1. The Balaban J connectivity index is 2.21. The summed E-state index contributed by atoms with van der Waals surface area (Å²) in [6, 6.07) is 7.29. The number of esters is 1. The van der Waals surface area contributed by atoms with Crippen LogP contribution in [0.1, 0.15) is 31.7 Å². The third-order valence-electron chi connectivity index (χ3n) is 2.37. The van der Waals surface area contributed by atoms with Gasteiger partial charge in [0.1, 0.15) is 5.75 Å². The maximum Gasteiger partial charge on any atom is 0.305 e. The zero-order valence-corrected chi connectivity index (χ0v) is 9.61. The average Bonchev–Trinajstić information content (AvgIpc) is 2.27. The second-order valence-electron chi connectivity index (χ2n) is 3.64. The number of phenols is 1. The van der Waals surface area contributed by atoms with E-state index in [4.69, 9.17) is 4.74 Å². The molecule has 0 saturated heterocycles. The van der Waals surface area contributed by atoms with Crippen molar-refractivity contribution >= 4 is 5.97 Å². The first-order valence-electron chi connectivity index (χ1n) is 5.66. The van der Waals surface area contributed by atoms with E-state index in [1.165, 1.54) is 0 Å². The van der Waals surface area contributed by atoms with E-state index in [0.717, 1.165) is 24.8 Å². The van der Waals surface area contributed by atoms with Crippen molar-refractivity contribution in [3.63, 3.8) is 0 Å². The van der Waals surface area contributed by atoms with Crippen molar-refractivity contribution in [1.29, 1.82) is 0 Å². The molecule has 0 aliphatic rings. The zero-order chi connectivity index (χ0) is 11.8. The van der Waals surface area contributed by atoms with Crippen LogP contribution in [0, 0.1) is 0 Å². The molecule has 0 spiro atoms. The van der Waals surface area contributed by atoms with Crippen LogP contribution < -0.4 is 0 Å². The SMILES string of the molecule is CCOC(=O)CCCCc1ccccc1O. The van der Waals surface area contributed by atoms with Gasteiger partial charge in [-0.1, -0.05) is 18.2 Å². The fourth-order valence-electron chi connectivity index (χ4n) is 1.54. The highest BCUT2D eigenvalue weighted by Gasteiger charge is 2.03. The number of phenolic OH excluding ortho intramolecular Hbond substituents is 1. The first-order valence-corrected chi connectivity index (χ1v) is 5.66. The van der Waals surface area contributed by atoms with E-state index in [1.807, 2.05) is 12.1 Å². The van der Waals surface area contributed by atoms with Crippen LogP contribution in [-0.4, -0.2) is 17.7 Å². The molecule has 88 valence electrons. The Morgan fingerprint density at radius 2 is 2.06 bits per heavy atom. The number of hydrogen-bond acceptors (Lipinski definition) is 3. The van der Waals surface area contributed by atoms with Crippen LogP contribution in [0.4, 0.5) is 0 Å². The number of hydrogen-bond donors (Lipinski definition) is 1. The van der Waals surface area contributed by atoms with Crippen LogP contribution in [0.3, 0.4) is 0 Å². The number of aromatic hydroxyl groups is 1. The second kappa shape index (κ2) is 6.88. The van der Waals surface area contributed by atoms with Gasteiger partial charge in [0.05, 0.1) is 6.61 Å². The molecule has 0 radical (unpaired) electrons. The van der Waals surface area contributed by atoms with Crippen molar-refractivity contribution < 1.29 is 14.6 Å². The van der Waals surface area contributed by atoms with Gasteiger partial charge in [0.25, 0.3) is 0 Å². The predicted molar refractivity (Wildman–Crippen MR) is 62.3 cm³/mol. The number of ether oxygens (including phenoxy) is 1. The Morgan fingerprint density at radius 1 is 1.31 bits per heavy atom. The molecule has 0 fully saturated rings. The summed E-state index contributed by atoms with van der Waals surface area (Å²) in [5.74, 6) is 0.193. The van der Waals surface area contributed by atoms with Gasteiger partial charge in [0, 0.05) is 6.42 Å². The predicted octanol–water partition coefficient (Wildman–Crippen LogP) is 2.67. The summed E-state index contributed by atoms with van der Waals surface area (Å²) in [6.07, 6.45) is 2.94. The first-order chi connectivity index (χ1) is 7.74. The lowest BCUT2D eigenvalue weighted by Crippen LogP contribution is -2.03. The summed E-state index contributed by atoms with van der Waals surface area (Å²) < 4.78 is 4.83. The van der Waals surface area contributed by atoms with E-state index >= 15 is 0 Å². The molecular weight excluding hydrogens is 204 g/mol. The zero-order valence-electron chi connectivity index (χ0n) is 9.61. The van der Waals surface area contributed by atoms with E-state index in [0.29, 0.717) is 18.8 Å². The molecule has 1 rings (SSSR count). The molecule has 16 heavy (non-hydrogen) atoms. The number of aryl methyl sites for hydroxylation is 1. The molecule has 0 aliphatic heterocycles. The van der Waals surface area contributed by atoms with Crippen LogP contribution in [0.5, 0.6) is 5.75 Å². The van der Waals surface area contributed by atoms with Gasteiger partial charge in [-0.05, 0) is 37.8 Å². The summed E-state index contributed by atoms with van der Waals surface area (Å²) in [5, 5.41) is 9.51. The van der Waals surface area contributed by atoms with Crippen molar-refractivity contribution in [3.8, 4) is 5.75 Å². The first kappa shape index (κ1) is 12.6. The highest BCUT2D eigenvalue weighted by Crippen LogP contribution is 2.18. The van der Waals surface area contributed by atoms with Crippen molar-refractivity contribution in [2.75, 3.05) is 6.61 Å². The van der Waals surface area contributed by atoms with Gasteiger partial charge in [-0.25, -0.2) is 0 Å². The number of carbonyl (C=O) groups excluding carboxylic acids is 1. The molecule has 0 amide bonds. The molecular formula is C13H18O3. The molecule has 1 N–H and O–H groups in total. The number of rotatable bonds is 6. The van der Waals surface area contributed by atoms with Crippen molar-refractivity contribution in [3.05, 3.63) is 29.8 Å². The summed E-state index contributed by atoms with van der Waals surface area (Å²) in [6.45, 7) is 2.25. The lowest BCUT2D eigenvalue weighted by molar-refractivity contribution is -0.143. The largest absolute Gasteiger partial charge is 0.508 e. The maximum absolute atomic E-state index is 11.0. The average molecular weight is 222 g/mol. The smallest absolute Gasteiger partial charge is 0.305 e. The van der Waals surface area contributed by atoms with Gasteiger partial charge in [-0.3, -0.25) is 4.79 Å². The molecule has 0 bridgehead atoms. The third-order valence-corrected chi connectivity index (χ3v) is 2.37. The fourth-order valence-corrected chi connectivity index (χ4v) is 1.54. The molecule has 0 atom stereocenters. The quantitative estimate of drug-likeness (QED) is 0.594. The normalized spacial score (nSPS) is 10.1. The van der Waals surface area contributed by atoms with Gasteiger partial charge in [-0.15, -0.1) is 0 Å². The van der Waals surface area contributed by atoms with Gasteiger partial charge >= 0.3 is 5.97 Å². The van der Waals surface area contributed by atoms with Crippen LogP contribution >= 0.6 is 0 Å². The minimum absolute atomic E-state index is 0.139. The summed E-state index contributed by atoms with van der Waals surface area (Å²) in [4.78, 5) is 11.0. The Hall–Kier alpha value is -1.51. The molecule has 0 saturated carbocycles. The van der Waals surface area contributed by atoms with Crippen LogP contribution in [0.2, 0.25) is 0 Å². The van der Waals surface area contributed by atoms with Gasteiger partial charge in [0.2, 0.25) is 0 Å². The van der Waals surface area contributed by atoms with Crippen molar-refractivity contribution in [1.82, 2.24) is 0 Å².